The first-order valence-electron chi connectivity index (χ1n) is 11.6. The number of methoxy groups -OCH3 is 2. The second kappa shape index (κ2) is 12.0. The van der Waals surface area contributed by atoms with E-state index in [1.54, 1.807) is 69.5 Å². The van der Waals surface area contributed by atoms with Crippen molar-refractivity contribution in [3.8, 4) is 11.4 Å². The summed E-state index contributed by atoms with van der Waals surface area (Å²) in [6.45, 7) is 3.21. The fraction of sp³-hybridized carbons (Fsp3) is 0.192. The number of ether oxygens (including phenoxy) is 2. The van der Waals surface area contributed by atoms with Gasteiger partial charge in [0.05, 0.1) is 29.9 Å². The van der Waals surface area contributed by atoms with Gasteiger partial charge in [-0.25, -0.2) is 9.59 Å². The molecule has 0 bridgehead atoms. The Labute approximate surface area is 231 Å². The molecular formula is C26H25N4O7S2+. The highest BCUT2D eigenvalue weighted by atomic mass is 32.2. The topological polar surface area (TPSA) is 144 Å². The minimum Gasteiger partial charge on any atom is -0.497 e. The number of rotatable bonds is 9. The molecule has 0 aliphatic heterocycles. The average Bonchev–Trinajstić information content (AvgIpc) is 3.47. The van der Waals surface area contributed by atoms with Gasteiger partial charge in [0.25, 0.3) is 5.91 Å². The highest BCUT2D eigenvalue weighted by Crippen LogP contribution is 2.35. The molecule has 0 spiro atoms. The SMILES string of the molecule is COC(=O)c1c(NC(=O)C(C)Sc2c(=O)o[nH][n+]2-c2ccc(OC)cc2)sc(C(=O)Nc2ccccc2)c1C. The van der Waals surface area contributed by atoms with Crippen molar-refractivity contribution in [3.05, 3.63) is 81.0 Å². The first-order chi connectivity index (χ1) is 18.7. The van der Waals surface area contributed by atoms with Gasteiger partial charge in [-0.1, -0.05) is 18.2 Å². The lowest BCUT2D eigenvalue weighted by molar-refractivity contribution is -0.704. The summed E-state index contributed by atoms with van der Waals surface area (Å²) in [5.41, 5.74) is 0.978. The molecule has 13 heteroatoms. The summed E-state index contributed by atoms with van der Waals surface area (Å²) < 4.78 is 16.4. The van der Waals surface area contributed by atoms with E-state index < -0.39 is 28.7 Å². The van der Waals surface area contributed by atoms with Gasteiger partial charge in [-0.05, 0) is 65.4 Å². The van der Waals surface area contributed by atoms with Crippen LogP contribution in [0.15, 0.2) is 68.9 Å². The maximum atomic E-state index is 13.2. The van der Waals surface area contributed by atoms with Crippen molar-refractivity contribution in [1.29, 1.82) is 0 Å². The number of nitrogens with zero attached hydrogens (tertiary/aromatic N) is 1. The number of aromatic nitrogens is 2. The molecule has 0 saturated heterocycles. The number of aromatic amines is 1. The highest BCUT2D eigenvalue weighted by molar-refractivity contribution is 8.00. The van der Waals surface area contributed by atoms with Gasteiger partial charge < -0.3 is 20.1 Å². The number of carbonyl (C=O) groups is 3. The van der Waals surface area contributed by atoms with Crippen LogP contribution in [0.5, 0.6) is 5.75 Å². The molecule has 3 N–H and O–H groups in total. The van der Waals surface area contributed by atoms with Gasteiger partial charge in [0, 0.05) is 17.8 Å². The largest absolute Gasteiger partial charge is 0.497 e. The summed E-state index contributed by atoms with van der Waals surface area (Å²) in [7, 11) is 2.76. The molecule has 1 atom stereocenters. The van der Waals surface area contributed by atoms with E-state index in [1.807, 2.05) is 6.07 Å². The third kappa shape index (κ3) is 6.04. The normalized spacial score (nSPS) is 11.5. The number of para-hydroxylation sites is 1. The maximum Gasteiger partial charge on any atom is 0.442 e. The Hall–Kier alpha value is -4.36. The van der Waals surface area contributed by atoms with Gasteiger partial charge in [-0.3, -0.25) is 14.1 Å². The molecule has 0 aliphatic rings. The molecule has 1 unspecified atom stereocenters. The van der Waals surface area contributed by atoms with Gasteiger partial charge in [-0.2, -0.15) is 0 Å². The maximum absolute atomic E-state index is 13.2. The molecule has 11 nitrogen and oxygen atoms in total. The number of thioether (sulfide) groups is 1. The summed E-state index contributed by atoms with van der Waals surface area (Å²) in [5, 5.41) is 7.55. The second-order valence-corrected chi connectivity index (χ2v) is 10.5. The number of hydrogen-bond donors (Lipinski definition) is 3. The first kappa shape index (κ1) is 27.7. The van der Waals surface area contributed by atoms with Crippen molar-refractivity contribution in [2.45, 2.75) is 24.1 Å². The third-order valence-electron chi connectivity index (χ3n) is 5.61. The Morgan fingerprint density at radius 1 is 1.05 bits per heavy atom. The van der Waals surface area contributed by atoms with E-state index >= 15 is 0 Å². The van der Waals surface area contributed by atoms with Gasteiger partial charge in [0.2, 0.25) is 11.6 Å². The summed E-state index contributed by atoms with van der Waals surface area (Å²) in [4.78, 5) is 51.4. The molecule has 2 amide bonds. The van der Waals surface area contributed by atoms with Crippen LogP contribution in [0.4, 0.5) is 10.7 Å². The number of hydrogen-bond acceptors (Lipinski definition) is 9. The Kier molecular flexibility index (Phi) is 8.52. The molecule has 4 rings (SSSR count). The lowest BCUT2D eigenvalue weighted by Gasteiger charge is -2.09. The molecule has 4 aromatic rings. The molecule has 2 heterocycles. The van der Waals surface area contributed by atoms with Crippen LogP contribution < -0.4 is 25.7 Å². The average molecular weight is 570 g/mol. The molecule has 0 aliphatic carbocycles. The fourth-order valence-corrected chi connectivity index (χ4v) is 5.56. The Bertz CT molecular complexity index is 1560. The molecule has 2 aromatic carbocycles. The number of carbonyl (C=O) groups excluding carboxylic acids is 3. The van der Waals surface area contributed by atoms with E-state index in [4.69, 9.17) is 14.0 Å². The highest BCUT2D eigenvalue weighted by Gasteiger charge is 2.31. The minimum atomic E-state index is -0.789. The number of H-pyrrole nitrogens is 1. The Morgan fingerprint density at radius 2 is 1.74 bits per heavy atom. The van der Waals surface area contributed by atoms with Crippen LogP contribution in [0.25, 0.3) is 5.69 Å². The van der Waals surface area contributed by atoms with Crippen molar-refractivity contribution in [2.75, 3.05) is 24.9 Å². The van der Waals surface area contributed by atoms with Crippen LogP contribution in [0.1, 0.15) is 32.5 Å². The van der Waals surface area contributed by atoms with Crippen LogP contribution in [0, 0.1) is 6.92 Å². The summed E-state index contributed by atoms with van der Waals surface area (Å²) in [6.07, 6.45) is 0. The second-order valence-electron chi connectivity index (χ2n) is 8.14. The summed E-state index contributed by atoms with van der Waals surface area (Å²) in [5.74, 6) is -0.983. The van der Waals surface area contributed by atoms with Gasteiger partial charge >= 0.3 is 16.6 Å². The standard InChI is InChI=1S/C26H24N4O7S2/c1-14-19(25(33)36-4)23(39-20(14)22(32)27-16-8-6-5-7-9-16)28-21(31)15(2)38-24-26(34)37-29-30(24)17-10-12-18(35-3)13-11-17/h5-13,15H,1-4H3,(H2-,27,28,29,31,32,33,34)/p+1. The van der Waals surface area contributed by atoms with Crippen molar-refractivity contribution in [1.82, 2.24) is 5.27 Å². The van der Waals surface area contributed by atoms with E-state index in [1.165, 1.54) is 11.8 Å². The summed E-state index contributed by atoms with van der Waals surface area (Å²) in [6, 6.07) is 15.7. The van der Waals surface area contributed by atoms with Crippen LogP contribution >= 0.6 is 23.1 Å². The molecule has 0 saturated carbocycles. The van der Waals surface area contributed by atoms with E-state index in [0.717, 1.165) is 23.1 Å². The molecule has 0 fully saturated rings. The van der Waals surface area contributed by atoms with E-state index in [2.05, 4.69) is 15.9 Å². The number of benzene rings is 2. The van der Waals surface area contributed by atoms with E-state index in [-0.39, 0.29) is 20.5 Å². The predicted octanol–water partition coefficient (Wildman–Crippen LogP) is 3.78. The zero-order chi connectivity index (χ0) is 28.1. The summed E-state index contributed by atoms with van der Waals surface area (Å²) >= 11 is 1.93. The number of esters is 1. The minimum absolute atomic E-state index is 0.0840. The molecular weight excluding hydrogens is 544 g/mol. The van der Waals surface area contributed by atoms with Gasteiger partial charge in [0.1, 0.15) is 10.8 Å². The smallest absolute Gasteiger partial charge is 0.442 e. The number of thiophene rings is 1. The van der Waals surface area contributed by atoms with Crippen molar-refractivity contribution < 1.29 is 33.1 Å². The fourth-order valence-electron chi connectivity index (χ4n) is 3.58. The first-order valence-corrected chi connectivity index (χ1v) is 13.3. The van der Waals surface area contributed by atoms with Crippen LogP contribution in [-0.2, 0) is 9.53 Å². The lowest BCUT2D eigenvalue weighted by Crippen LogP contribution is -2.37. The van der Waals surface area contributed by atoms with E-state index in [9.17, 15) is 19.2 Å². The van der Waals surface area contributed by atoms with Crippen LogP contribution in [0.3, 0.4) is 0 Å². The van der Waals surface area contributed by atoms with Crippen molar-refractivity contribution in [2.24, 2.45) is 0 Å². The number of anilines is 2. The monoisotopic (exact) mass is 569 g/mol. The number of nitrogens with one attached hydrogen (secondary N) is 3. The molecule has 202 valence electrons. The van der Waals surface area contributed by atoms with Gasteiger partial charge in [0.15, 0.2) is 0 Å². The van der Waals surface area contributed by atoms with Gasteiger partial charge in [-0.15, -0.1) is 11.3 Å². The van der Waals surface area contributed by atoms with Crippen molar-refractivity contribution in [3.63, 3.8) is 0 Å². The van der Waals surface area contributed by atoms with Crippen LogP contribution in [0.2, 0.25) is 0 Å². The molecule has 2 aromatic heterocycles. The zero-order valence-electron chi connectivity index (χ0n) is 21.4. The quantitative estimate of drug-likeness (QED) is 0.157. The van der Waals surface area contributed by atoms with Crippen LogP contribution in [-0.4, -0.2) is 42.5 Å². The Morgan fingerprint density at radius 3 is 2.38 bits per heavy atom. The Balaban J connectivity index is 1.56. The molecule has 0 radical (unpaired) electrons. The predicted molar refractivity (Wildman–Crippen MR) is 146 cm³/mol. The third-order valence-corrected chi connectivity index (χ3v) is 7.95. The zero-order valence-corrected chi connectivity index (χ0v) is 23.0. The van der Waals surface area contributed by atoms with E-state index in [0.29, 0.717) is 22.7 Å². The lowest BCUT2D eigenvalue weighted by atomic mass is 10.1. The van der Waals surface area contributed by atoms with Crippen molar-refractivity contribution >= 4 is 51.6 Å². The molecule has 39 heavy (non-hydrogen) atoms. The number of amides is 2.